The molecule has 1 unspecified atom stereocenters. The van der Waals surface area contributed by atoms with E-state index in [9.17, 15) is 23.1 Å². The van der Waals surface area contributed by atoms with Crippen LogP contribution in [0.3, 0.4) is 0 Å². The zero-order chi connectivity index (χ0) is 25.4. The molecule has 2 aromatic carbocycles. The van der Waals surface area contributed by atoms with Gasteiger partial charge in [-0.2, -0.15) is 13.2 Å². The maximum Gasteiger partial charge on any atom is 0.416 e. The molecule has 0 fully saturated rings. The van der Waals surface area contributed by atoms with Crippen molar-refractivity contribution < 1.29 is 32.5 Å². The Labute approximate surface area is 201 Å². The van der Waals surface area contributed by atoms with Gasteiger partial charge in [0.2, 0.25) is 0 Å². The summed E-state index contributed by atoms with van der Waals surface area (Å²) in [4.78, 5) is 13.2. The molecule has 0 spiro atoms. The average Bonchev–Trinajstić information content (AvgIpc) is 3.10. The average molecular weight is 493 g/mol. The monoisotopic (exact) mass is 492 g/mol. The Morgan fingerprint density at radius 1 is 0.971 bits per heavy atom. The molecule has 1 aromatic heterocycles. The molecule has 8 heteroatoms. The first-order valence-electron chi connectivity index (χ1n) is 10.7. The van der Waals surface area contributed by atoms with E-state index in [2.05, 4.69) is 0 Å². The lowest BCUT2D eigenvalue weighted by atomic mass is 10.0. The Morgan fingerprint density at radius 2 is 1.65 bits per heavy atom. The lowest BCUT2D eigenvalue weighted by Crippen LogP contribution is -2.38. The molecule has 0 bridgehead atoms. The molecule has 0 radical (unpaired) electrons. The number of hydrogen-bond acceptors (Lipinski definition) is 4. The van der Waals surface area contributed by atoms with Crippen LogP contribution in [-0.2, 0) is 11.0 Å². The second-order valence-electron chi connectivity index (χ2n) is 8.79. The molecule has 0 saturated heterocycles. The summed E-state index contributed by atoms with van der Waals surface area (Å²) in [5.74, 6) is -0.00191. The Kier molecular flexibility index (Phi) is 7.03. The van der Waals surface area contributed by atoms with Crippen molar-refractivity contribution >= 4 is 17.3 Å². The molecule has 0 aliphatic carbocycles. The Bertz CT molecular complexity index is 1210. The van der Waals surface area contributed by atoms with Gasteiger partial charge in [-0.1, -0.05) is 12.1 Å². The lowest BCUT2D eigenvalue weighted by Gasteiger charge is -2.23. The molecule has 3 rings (SSSR count). The van der Waals surface area contributed by atoms with E-state index in [1.807, 2.05) is 26.8 Å². The Hall–Kier alpha value is -3.00. The maximum atomic E-state index is 13.1. The van der Waals surface area contributed by atoms with E-state index in [1.165, 1.54) is 38.2 Å². The lowest BCUT2D eigenvalue weighted by molar-refractivity contribution is -0.152. The maximum absolute atomic E-state index is 13.1. The van der Waals surface area contributed by atoms with Crippen molar-refractivity contribution in [1.29, 1.82) is 0 Å². The van der Waals surface area contributed by atoms with Crippen LogP contribution in [0.1, 0.15) is 54.0 Å². The normalized spacial score (nSPS) is 13.0. The highest BCUT2D eigenvalue weighted by Gasteiger charge is 2.32. The summed E-state index contributed by atoms with van der Waals surface area (Å²) in [6.07, 6.45) is -4.67. The smallest absolute Gasteiger partial charge is 0.416 e. The van der Waals surface area contributed by atoms with E-state index in [1.54, 1.807) is 24.3 Å². The highest BCUT2D eigenvalue weighted by Crippen LogP contribution is 2.39. The summed E-state index contributed by atoms with van der Waals surface area (Å²) in [6.45, 7) is 10.1. The first-order chi connectivity index (χ1) is 15.7. The summed E-state index contributed by atoms with van der Waals surface area (Å²) in [7, 11) is 0. The first-order valence-corrected chi connectivity index (χ1v) is 11.5. The van der Waals surface area contributed by atoms with Crippen LogP contribution in [0.5, 0.6) is 11.5 Å². The van der Waals surface area contributed by atoms with Gasteiger partial charge in [0.15, 0.2) is 5.60 Å². The number of rotatable bonds is 7. The van der Waals surface area contributed by atoms with Crippen LogP contribution in [-0.4, -0.2) is 16.7 Å². The van der Waals surface area contributed by atoms with Gasteiger partial charge in [0.05, 0.1) is 5.56 Å². The number of alkyl halides is 3. The van der Waals surface area contributed by atoms with E-state index in [0.29, 0.717) is 11.5 Å². The van der Waals surface area contributed by atoms with Gasteiger partial charge in [0, 0.05) is 9.75 Å². The molecule has 4 nitrogen and oxygen atoms in total. The molecular weight excluding hydrogens is 465 g/mol. The summed E-state index contributed by atoms with van der Waals surface area (Å²) in [5, 5.41) is 9.27. The third kappa shape index (κ3) is 5.55. The molecule has 0 aliphatic heterocycles. The minimum Gasteiger partial charge on any atom is -0.485 e. The van der Waals surface area contributed by atoms with Crippen LogP contribution < -0.4 is 9.47 Å². The molecule has 1 N–H and O–H groups in total. The van der Waals surface area contributed by atoms with E-state index in [-0.39, 0.29) is 11.7 Å². The van der Waals surface area contributed by atoms with Crippen LogP contribution in [0.25, 0.3) is 10.4 Å². The molecular formula is C26H27F3O4S. The quantitative estimate of drug-likeness (QED) is 0.366. The van der Waals surface area contributed by atoms with Crippen molar-refractivity contribution in [1.82, 2.24) is 0 Å². The zero-order valence-corrected chi connectivity index (χ0v) is 20.6. The van der Waals surface area contributed by atoms with E-state index in [0.717, 1.165) is 32.5 Å². The minimum absolute atomic E-state index is 0.186. The highest BCUT2D eigenvalue weighted by atomic mass is 32.1. The van der Waals surface area contributed by atoms with Crippen molar-refractivity contribution in [2.75, 3.05) is 0 Å². The third-order valence-electron chi connectivity index (χ3n) is 5.48. The molecule has 0 aliphatic rings. The number of benzene rings is 2. The molecule has 0 saturated carbocycles. The second-order valence-corrected chi connectivity index (χ2v) is 9.87. The van der Waals surface area contributed by atoms with Crippen molar-refractivity contribution in [2.24, 2.45) is 0 Å². The predicted molar refractivity (Wildman–Crippen MR) is 127 cm³/mol. The topological polar surface area (TPSA) is 55.8 Å². The predicted octanol–water partition coefficient (Wildman–Crippen LogP) is 7.74. The minimum atomic E-state index is -4.37. The zero-order valence-electron chi connectivity index (χ0n) is 19.8. The fourth-order valence-corrected chi connectivity index (χ4v) is 4.71. The van der Waals surface area contributed by atoms with Gasteiger partial charge < -0.3 is 14.6 Å². The fourth-order valence-electron chi connectivity index (χ4n) is 3.56. The number of hydrogen-bond donors (Lipinski definition) is 1. The van der Waals surface area contributed by atoms with Gasteiger partial charge in [0.1, 0.15) is 17.6 Å². The number of carboxylic acid groups (broad SMARTS) is 1. The fraction of sp³-hybridized carbons (Fsp3) is 0.346. The van der Waals surface area contributed by atoms with Crippen molar-refractivity contribution in [3.05, 3.63) is 69.6 Å². The van der Waals surface area contributed by atoms with Crippen molar-refractivity contribution in [3.63, 3.8) is 0 Å². The van der Waals surface area contributed by atoms with Gasteiger partial charge in [-0.25, -0.2) is 4.79 Å². The van der Waals surface area contributed by atoms with Crippen LogP contribution in [0, 0.1) is 20.8 Å². The Morgan fingerprint density at radius 3 is 2.21 bits per heavy atom. The number of aryl methyl sites for hydroxylation is 3. The number of ether oxygens (including phenoxy) is 2. The summed E-state index contributed by atoms with van der Waals surface area (Å²) in [5.41, 5.74) is 0.659. The summed E-state index contributed by atoms with van der Waals surface area (Å²) < 4.78 is 51.0. The molecule has 182 valence electrons. The van der Waals surface area contributed by atoms with Crippen molar-refractivity contribution in [2.45, 2.75) is 59.4 Å². The molecule has 3 aromatic rings. The number of halogens is 3. The van der Waals surface area contributed by atoms with Crippen LogP contribution in [0.4, 0.5) is 13.2 Å². The number of thiophene rings is 1. The number of aliphatic carboxylic acids is 1. The van der Waals surface area contributed by atoms with Crippen LogP contribution >= 0.6 is 11.3 Å². The summed E-state index contributed by atoms with van der Waals surface area (Å²) >= 11 is 1.48. The molecule has 1 atom stereocenters. The largest absolute Gasteiger partial charge is 0.485 e. The van der Waals surface area contributed by atoms with Gasteiger partial charge in [-0.05, 0) is 94.1 Å². The van der Waals surface area contributed by atoms with E-state index >= 15 is 0 Å². The standard InChI is InChI=1S/C26H27F3O4S/c1-14-11-18(7-9-20(14)26(27,28)29)22-13-16(3)23(34-22)17(4)32-19-8-10-21(15(2)12-19)33-25(5,6)24(30)31/h7-13,17H,1-6H3,(H,30,31). The second kappa shape index (κ2) is 9.33. The van der Waals surface area contributed by atoms with Crippen LogP contribution in [0.15, 0.2) is 42.5 Å². The SMILES string of the molecule is Cc1cc(OC(C)c2sc(-c3ccc(C(F)(F)F)c(C)c3)cc2C)ccc1OC(C)(C)C(=O)O. The van der Waals surface area contributed by atoms with Crippen molar-refractivity contribution in [3.8, 4) is 21.9 Å². The van der Waals surface area contributed by atoms with E-state index < -0.39 is 23.3 Å². The highest BCUT2D eigenvalue weighted by molar-refractivity contribution is 7.15. The van der Waals surface area contributed by atoms with Gasteiger partial charge in [-0.15, -0.1) is 11.3 Å². The Balaban J connectivity index is 1.79. The van der Waals surface area contributed by atoms with Gasteiger partial charge >= 0.3 is 12.1 Å². The molecule has 0 amide bonds. The molecule has 34 heavy (non-hydrogen) atoms. The van der Waals surface area contributed by atoms with Gasteiger partial charge in [0.25, 0.3) is 0 Å². The van der Waals surface area contributed by atoms with Gasteiger partial charge in [-0.3, -0.25) is 0 Å². The third-order valence-corrected chi connectivity index (χ3v) is 6.93. The number of carboxylic acids is 1. The number of carbonyl (C=O) groups is 1. The first kappa shape index (κ1) is 25.6. The van der Waals surface area contributed by atoms with Crippen LogP contribution in [0.2, 0.25) is 0 Å². The summed E-state index contributed by atoms with van der Waals surface area (Å²) in [6, 6.07) is 11.3. The molecule has 1 heterocycles. The van der Waals surface area contributed by atoms with E-state index in [4.69, 9.17) is 9.47 Å².